The SMILES string of the molecule is C=C(/C=C/CCC)CCCCCC. The fourth-order valence-electron chi connectivity index (χ4n) is 1.28. The van der Waals surface area contributed by atoms with Crippen LogP contribution in [0.15, 0.2) is 24.3 Å². The van der Waals surface area contributed by atoms with Crippen molar-refractivity contribution in [1.29, 1.82) is 0 Å². The molecule has 0 aliphatic carbocycles. The Bertz CT molecular complexity index is 142. The molecule has 0 aromatic carbocycles. The third-order valence-corrected chi connectivity index (χ3v) is 2.16. The van der Waals surface area contributed by atoms with Crippen LogP contribution in [0.5, 0.6) is 0 Å². The molecular weight excluding hydrogens is 156 g/mol. The molecule has 0 rings (SSSR count). The van der Waals surface area contributed by atoms with E-state index in [2.05, 4.69) is 32.6 Å². The van der Waals surface area contributed by atoms with Crippen molar-refractivity contribution in [3.63, 3.8) is 0 Å². The molecule has 0 bridgehead atoms. The monoisotopic (exact) mass is 180 g/mol. The van der Waals surface area contributed by atoms with E-state index in [-0.39, 0.29) is 0 Å². The molecule has 0 aromatic heterocycles. The van der Waals surface area contributed by atoms with Gasteiger partial charge >= 0.3 is 0 Å². The summed E-state index contributed by atoms with van der Waals surface area (Å²) in [6.07, 6.45) is 13.4. The van der Waals surface area contributed by atoms with Crippen LogP contribution in [0.25, 0.3) is 0 Å². The zero-order valence-electron chi connectivity index (χ0n) is 9.31. The van der Waals surface area contributed by atoms with Gasteiger partial charge in [0.1, 0.15) is 0 Å². The fraction of sp³-hybridized carbons (Fsp3) is 0.692. The fourth-order valence-corrected chi connectivity index (χ4v) is 1.28. The smallest absolute Gasteiger partial charge is 0.0285 e. The first-order valence-electron chi connectivity index (χ1n) is 5.65. The molecule has 0 N–H and O–H groups in total. The summed E-state index contributed by atoms with van der Waals surface area (Å²) in [5.41, 5.74) is 1.30. The number of hydrogen-bond acceptors (Lipinski definition) is 0. The lowest BCUT2D eigenvalue weighted by atomic mass is 10.1. The molecule has 0 heteroatoms. The van der Waals surface area contributed by atoms with Crippen LogP contribution in [0.2, 0.25) is 0 Å². The second kappa shape index (κ2) is 9.57. The second-order valence-electron chi connectivity index (χ2n) is 3.66. The van der Waals surface area contributed by atoms with Crippen LogP contribution in [0, 0.1) is 0 Å². The van der Waals surface area contributed by atoms with Gasteiger partial charge in [0.15, 0.2) is 0 Å². The average Bonchev–Trinajstić information content (AvgIpc) is 2.13. The minimum atomic E-state index is 1.18. The first-order chi connectivity index (χ1) is 6.31. The molecular formula is C13H24. The Morgan fingerprint density at radius 3 is 2.46 bits per heavy atom. The molecule has 0 saturated heterocycles. The maximum atomic E-state index is 4.04. The minimum absolute atomic E-state index is 1.18. The Morgan fingerprint density at radius 1 is 1.08 bits per heavy atom. The maximum absolute atomic E-state index is 4.04. The third-order valence-electron chi connectivity index (χ3n) is 2.16. The summed E-state index contributed by atoms with van der Waals surface area (Å²) >= 11 is 0. The molecule has 76 valence electrons. The average molecular weight is 180 g/mol. The lowest BCUT2D eigenvalue weighted by Gasteiger charge is -1.99. The molecule has 0 unspecified atom stereocenters. The molecule has 0 aliphatic heterocycles. The van der Waals surface area contributed by atoms with Crippen LogP contribution in [0.3, 0.4) is 0 Å². The van der Waals surface area contributed by atoms with E-state index in [0.717, 1.165) is 0 Å². The van der Waals surface area contributed by atoms with Gasteiger partial charge in [0.25, 0.3) is 0 Å². The summed E-state index contributed by atoms with van der Waals surface area (Å²) in [5.74, 6) is 0. The van der Waals surface area contributed by atoms with E-state index in [9.17, 15) is 0 Å². The molecule has 0 spiro atoms. The predicted molar refractivity (Wildman–Crippen MR) is 61.9 cm³/mol. The Kier molecular flexibility index (Phi) is 9.18. The van der Waals surface area contributed by atoms with Gasteiger partial charge in [-0.1, -0.05) is 63.8 Å². The van der Waals surface area contributed by atoms with Gasteiger partial charge in [-0.05, 0) is 19.3 Å². The van der Waals surface area contributed by atoms with Crippen LogP contribution in [-0.4, -0.2) is 0 Å². The maximum Gasteiger partial charge on any atom is -0.0285 e. The predicted octanol–water partition coefficient (Wildman–Crippen LogP) is 4.87. The second-order valence-corrected chi connectivity index (χ2v) is 3.66. The van der Waals surface area contributed by atoms with Gasteiger partial charge in [-0.15, -0.1) is 0 Å². The van der Waals surface area contributed by atoms with Crippen molar-refractivity contribution in [2.75, 3.05) is 0 Å². The first-order valence-corrected chi connectivity index (χ1v) is 5.65. The topological polar surface area (TPSA) is 0 Å². The Hall–Kier alpha value is -0.520. The van der Waals surface area contributed by atoms with Crippen LogP contribution < -0.4 is 0 Å². The van der Waals surface area contributed by atoms with E-state index >= 15 is 0 Å². The van der Waals surface area contributed by atoms with Gasteiger partial charge in [0.05, 0.1) is 0 Å². The largest absolute Gasteiger partial charge is 0.0958 e. The number of rotatable bonds is 8. The highest BCUT2D eigenvalue weighted by Crippen LogP contribution is 2.09. The molecule has 0 radical (unpaired) electrons. The van der Waals surface area contributed by atoms with E-state index in [0.29, 0.717) is 0 Å². The van der Waals surface area contributed by atoms with E-state index in [1.165, 1.54) is 50.5 Å². The number of allylic oxidation sites excluding steroid dienone is 3. The first kappa shape index (κ1) is 12.5. The highest BCUT2D eigenvalue weighted by molar-refractivity contribution is 5.13. The Balaban J connectivity index is 3.29. The standard InChI is InChI=1S/C13H24/c1-4-6-8-10-12-13(3)11-9-7-5-2/h9,11H,3-8,10,12H2,1-2H3/b11-9+. The Labute approximate surface area is 83.7 Å². The van der Waals surface area contributed by atoms with Crippen LogP contribution in [-0.2, 0) is 0 Å². The zero-order valence-corrected chi connectivity index (χ0v) is 9.31. The van der Waals surface area contributed by atoms with Crippen molar-refractivity contribution in [1.82, 2.24) is 0 Å². The van der Waals surface area contributed by atoms with Crippen molar-refractivity contribution in [2.24, 2.45) is 0 Å². The summed E-state index contributed by atoms with van der Waals surface area (Å²) in [6.45, 7) is 8.49. The van der Waals surface area contributed by atoms with Gasteiger partial charge in [-0.2, -0.15) is 0 Å². The van der Waals surface area contributed by atoms with Crippen LogP contribution in [0.4, 0.5) is 0 Å². The normalized spacial score (nSPS) is 10.9. The van der Waals surface area contributed by atoms with E-state index in [1.807, 2.05) is 0 Å². The zero-order chi connectivity index (χ0) is 9.94. The van der Waals surface area contributed by atoms with Gasteiger partial charge in [0, 0.05) is 0 Å². The molecule has 0 nitrogen and oxygen atoms in total. The summed E-state index contributed by atoms with van der Waals surface area (Å²) in [4.78, 5) is 0. The van der Waals surface area contributed by atoms with Gasteiger partial charge in [0.2, 0.25) is 0 Å². The van der Waals surface area contributed by atoms with Crippen LogP contribution in [0.1, 0.15) is 58.8 Å². The summed E-state index contributed by atoms with van der Waals surface area (Å²) in [6, 6.07) is 0. The summed E-state index contributed by atoms with van der Waals surface area (Å²) in [5, 5.41) is 0. The molecule has 0 amide bonds. The highest BCUT2D eigenvalue weighted by atomic mass is 14.0. The quantitative estimate of drug-likeness (QED) is 0.369. The van der Waals surface area contributed by atoms with Crippen molar-refractivity contribution < 1.29 is 0 Å². The van der Waals surface area contributed by atoms with Gasteiger partial charge in [-0.3, -0.25) is 0 Å². The van der Waals surface area contributed by atoms with Crippen molar-refractivity contribution in [2.45, 2.75) is 58.8 Å². The van der Waals surface area contributed by atoms with E-state index in [1.54, 1.807) is 0 Å². The van der Waals surface area contributed by atoms with Crippen molar-refractivity contribution in [3.8, 4) is 0 Å². The molecule has 0 fully saturated rings. The van der Waals surface area contributed by atoms with E-state index < -0.39 is 0 Å². The lowest BCUT2D eigenvalue weighted by molar-refractivity contribution is 0.668. The number of hydrogen-bond donors (Lipinski definition) is 0. The molecule has 0 aromatic rings. The van der Waals surface area contributed by atoms with Crippen LogP contribution >= 0.6 is 0 Å². The van der Waals surface area contributed by atoms with Gasteiger partial charge in [-0.25, -0.2) is 0 Å². The molecule has 0 saturated carbocycles. The highest BCUT2D eigenvalue weighted by Gasteiger charge is 1.89. The molecule has 0 heterocycles. The van der Waals surface area contributed by atoms with Crippen molar-refractivity contribution >= 4 is 0 Å². The number of unbranched alkanes of at least 4 members (excludes halogenated alkanes) is 4. The summed E-state index contributed by atoms with van der Waals surface area (Å²) in [7, 11) is 0. The molecule has 13 heavy (non-hydrogen) atoms. The molecule has 0 atom stereocenters. The molecule has 0 aliphatic rings. The Morgan fingerprint density at radius 2 is 1.85 bits per heavy atom. The van der Waals surface area contributed by atoms with E-state index in [4.69, 9.17) is 0 Å². The summed E-state index contributed by atoms with van der Waals surface area (Å²) < 4.78 is 0. The third kappa shape index (κ3) is 9.39. The minimum Gasteiger partial charge on any atom is -0.0958 e. The van der Waals surface area contributed by atoms with Crippen molar-refractivity contribution in [3.05, 3.63) is 24.3 Å². The lowest BCUT2D eigenvalue weighted by Crippen LogP contribution is -1.79. The van der Waals surface area contributed by atoms with Gasteiger partial charge < -0.3 is 0 Å².